The van der Waals surface area contributed by atoms with Crippen LogP contribution in [0, 0.1) is 26.7 Å². The van der Waals surface area contributed by atoms with Gasteiger partial charge >= 0.3 is 0 Å². The second kappa shape index (κ2) is 5.78. The van der Waals surface area contributed by atoms with E-state index in [9.17, 15) is 4.79 Å². The van der Waals surface area contributed by atoms with Crippen LogP contribution in [0.5, 0.6) is 0 Å². The van der Waals surface area contributed by atoms with Gasteiger partial charge in [-0.25, -0.2) is 0 Å². The second-order valence-corrected chi connectivity index (χ2v) is 6.16. The SMILES string of the molecule is CC(=O)/C=C(C)/C=C/C1CC1c1cc(C)cc(C)c1C. The van der Waals surface area contributed by atoms with Gasteiger partial charge in [-0.05, 0) is 81.2 Å². The zero-order valence-electron chi connectivity index (χ0n) is 13.2. The first-order valence-corrected chi connectivity index (χ1v) is 7.33. The van der Waals surface area contributed by atoms with E-state index in [4.69, 9.17) is 0 Å². The number of allylic oxidation sites excluding steroid dienone is 4. The monoisotopic (exact) mass is 268 g/mol. The van der Waals surface area contributed by atoms with Crippen molar-refractivity contribution in [2.45, 2.75) is 47.0 Å². The summed E-state index contributed by atoms with van der Waals surface area (Å²) in [5.74, 6) is 1.41. The van der Waals surface area contributed by atoms with Crippen LogP contribution in [0.3, 0.4) is 0 Å². The van der Waals surface area contributed by atoms with Crippen LogP contribution in [0.4, 0.5) is 0 Å². The Bertz CT molecular complexity index is 590. The van der Waals surface area contributed by atoms with E-state index in [1.54, 1.807) is 13.0 Å². The maximum atomic E-state index is 11.0. The van der Waals surface area contributed by atoms with E-state index in [0.717, 1.165) is 5.57 Å². The molecule has 1 fully saturated rings. The number of benzene rings is 1. The van der Waals surface area contributed by atoms with Gasteiger partial charge in [-0.2, -0.15) is 0 Å². The zero-order valence-corrected chi connectivity index (χ0v) is 13.2. The van der Waals surface area contributed by atoms with Crippen molar-refractivity contribution in [1.29, 1.82) is 0 Å². The van der Waals surface area contributed by atoms with Crippen LogP contribution in [-0.4, -0.2) is 5.78 Å². The van der Waals surface area contributed by atoms with Crippen LogP contribution in [0.2, 0.25) is 0 Å². The Labute approximate surface area is 122 Å². The van der Waals surface area contributed by atoms with Crippen molar-refractivity contribution in [3.63, 3.8) is 0 Å². The molecule has 0 N–H and O–H groups in total. The van der Waals surface area contributed by atoms with Crippen LogP contribution in [0.25, 0.3) is 0 Å². The van der Waals surface area contributed by atoms with E-state index in [-0.39, 0.29) is 5.78 Å². The van der Waals surface area contributed by atoms with Crippen molar-refractivity contribution < 1.29 is 4.79 Å². The van der Waals surface area contributed by atoms with Gasteiger partial charge in [-0.15, -0.1) is 0 Å². The molecule has 2 atom stereocenters. The molecule has 0 saturated heterocycles. The lowest BCUT2D eigenvalue weighted by atomic mass is 9.96. The molecule has 1 aromatic carbocycles. The maximum absolute atomic E-state index is 11.0. The largest absolute Gasteiger partial charge is 0.295 e. The maximum Gasteiger partial charge on any atom is 0.152 e. The Hall–Kier alpha value is -1.63. The van der Waals surface area contributed by atoms with Crippen LogP contribution in [0.15, 0.2) is 35.9 Å². The molecule has 1 aliphatic rings. The number of carbonyl (C=O) groups excluding carboxylic acids is 1. The first-order valence-electron chi connectivity index (χ1n) is 7.33. The smallest absolute Gasteiger partial charge is 0.152 e. The molecule has 2 unspecified atom stereocenters. The summed E-state index contributed by atoms with van der Waals surface area (Å²) in [4.78, 5) is 11.0. The summed E-state index contributed by atoms with van der Waals surface area (Å²) in [6.45, 7) is 10.2. The molecule has 1 aromatic rings. The molecular weight excluding hydrogens is 244 g/mol. The Morgan fingerprint density at radius 1 is 1.20 bits per heavy atom. The normalized spacial score (nSPS) is 22.4. The molecule has 1 nitrogen and oxygen atoms in total. The standard InChI is InChI=1S/C19H24O/c1-12(9-15(4)20)6-7-17-11-19(17)18-10-13(2)8-14(3)16(18)5/h6-10,17,19H,11H2,1-5H3/b7-6+,12-9+. The third-order valence-electron chi connectivity index (χ3n) is 4.13. The fourth-order valence-corrected chi connectivity index (χ4v) is 2.89. The van der Waals surface area contributed by atoms with E-state index in [1.165, 1.54) is 28.7 Å². The Balaban J connectivity index is 2.09. The molecule has 0 spiro atoms. The summed E-state index contributed by atoms with van der Waals surface area (Å²) in [5, 5.41) is 0. The number of aryl methyl sites for hydroxylation is 2. The van der Waals surface area contributed by atoms with Gasteiger partial charge in [-0.3, -0.25) is 4.79 Å². The Morgan fingerprint density at radius 3 is 2.55 bits per heavy atom. The predicted octanol–water partition coefficient (Wildman–Crippen LogP) is 4.81. The Morgan fingerprint density at radius 2 is 1.90 bits per heavy atom. The molecular formula is C19H24O. The molecule has 1 aliphatic carbocycles. The van der Waals surface area contributed by atoms with E-state index in [1.807, 2.05) is 6.92 Å². The summed E-state index contributed by atoms with van der Waals surface area (Å²) >= 11 is 0. The third kappa shape index (κ3) is 3.47. The molecule has 1 heteroatoms. The zero-order chi connectivity index (χ0) is 14.9. The minimum atomic E-state index is 0.115. The van der Waals surface area contributed by atoms with Crippen molar-refractivity contribution in [3.05, 3.63) is 58.2 Å². The minimum absolute atomic E-state index is 0.115. The average molecular weight is 268 g/mol. The van der Waals surface area contributed by atoms with Crippen LogP contribution < -0.4 is 0 Å². The summed E-state index contributed by atoms with van der Waals surface area (Å²) in [7, 11) is 0. The lowest BCUT2D eigenvalue weighted by Gasteiger charge is -2.09. The van der Waals surface area contributed by atoms with Gasteiger partial charge in [0.1, 0.15) is 0 Å². The number of hydrogen-bond acceptors (Lipinski definition) is 1. The molecule has 0 aromatic heterocycles. The summed E-state index contributed by atoms with van der Waals surface area (Å²) < 4.78 is 0. The summed E-state index contributed by atoms with van der Waals surface area (Å²) in [6, 6.07) is 4.59. The predicted molar refractivity (Wildman–Crippen MR) is 85.1 cm³/mol. The van der Waals surface area contributed by atoms with Crippen molar-refractivity contribution in [3.8, 4) is 0 Å². The van der Waals surface area contributed by atoms with Gasteiger partial charge in [-0.1, -0.05) is 29.8 Å². The van der Waals surface area contributed by atoms with Gasteiger partial charge < -0.3 is 0 Å². The molecule has 20 heavy (non-hydrogen) atoms. The molecule has 2 rings (SSSR count). The number of ketones is 1. The van der Waals surface area contributed by atoms with Crippen LogP contribution in [-0.2, 0) is 4.79 Å². The van der Waals surface area contributed by atoms with Crippen molar-refractivity contribution >= 4 is 5.78 Å². The van der Waals surface area contributed by atoms with Crippen molar-refractivity contribution in [1.82, 2.24) is 0 Å². The topological polar surface area (TPSA) is 17.1 Å². The number of carbonyl (C=O) groups is 1. The van der Waals surface area contributed by atoms with Crippen LogP contribution >= 0.6 is 0 Å². The summed E-state index contributed by atoms with van der Waals surface area (Å²) in [6.07, 6.45) is 7.27. The second-order valence-electron chi connectivity index (χ2n) is 6.16. The first kappa shape index (κ1) is 14.8. The highest BCUT2D eigenvalue weighted by Crippen LogP contribution is 2.50. The molecule has 0 amide bonds. The van der Waals surface area contributed by atoms with E-state index < -0.39 is 0 Å². The third-order valence-corrected chi connectivity index (χ3v) is 4.13. The number of hydrogen-bond donors (Lipinski definition) is 0. The van der Waals surface area contributed by atoms with Crippen molar-refractivity contribution in [2.24, 2.45) is 5.92 Å². The van der Waals surface area contributed by atoms with Gasteiger partial charge in [0.15, 0.2) is 5.78 Å². The van der Waals surface area contributed by atoms with E-state index in [0.29, 0.717) is 11.8 Å². The highest BCUT2D eigenvalue weighted by atomic mass is 16.1. The average Bonchev–Trinajstić information content (AvgIpc) is 3.09. The molecule has 106 valence electrons. The van der Waals surface area contributed by atoms with E-state index in [2.05, 4.69) is 45.1 Å². The number of rotatable bonds is 4. The van der Waals surface area contributed by atoms with Gasteiger partial charge in [0.2, 0.25) is 0 Å². The van der Waals surface area contributed by atoms with Gasteiger partial charge in [0.05, 0.1) is 0 Å². The lowest BCUT2D eigenvalue weighted by molar-refractivity contribution is -0.112. The minimum Gasteiger partial charge on any atom is -0.295 e. The van der Waals surface area contributed by atoms with E-state index >= 15 is 0 Å². The fraction of sp³-hybridized carbons (Fsp3) is 0.421. The first-order chi connectivity index (χ1) is 9.38. The van der Waals surface area contributed by atoms with Gasteiger partial charge in [0.25, 0.3) is 0 Å². The molecule has 0 radical (unpaired) electrons. The quantitative estimate of drug-likeness (QED) is 0.566. The molecule has 1 saturated carbocycles. The van der Waals surface area contributed by atoms with Crippen molar-refractivity contribution in [2.75, 3.05) is 0 Å². The fourth-order valence-electron chi connectivity index (χ4n) is 2.89. The molecule has 0 aliphatic heterocycles. The highest BCUT2D eigenvalue weighted by Gasteiger charge is 2.37. The molecule has 0 bridgehead atoms. The van der Waals surface area contributed by atoms with Crippen LogP contribution in [0.1, 0.15) is 48.4 Å². The summed E-state index contributed by atoms with van der Waals surface area (Å²) in [5.41, 5.74) is 6.73. The Kier molecular flexibility index (Phi) is 4.27. The lowest BCUT2D eigenvalue weighted by Crippen LogP contribution is -1.93. The highest BCUT2D eigenvalue weighted by molar-refractivity contribution is 5.88. The van der Waals surface area contributed by atoms with Gasteiger partial charge in [0, 0.05) is 0 Å². The molecule has 0 heterocycles.